The summed E-state index contributed by atoms with van der Waals surface area (Å²) in [7, 11) is 0. The van der Waals surface area contributed by atoms with Crippen LogP contribution >= 0.6 is 0 Å². The van der Waals surface area contributed by atoms with Crippen LogP contribution in [0.3, 0.4) is 0 Å². The summed E-state index contributed by atoms with van der Waals surface area (Å²) in [4.78, 5) is 56.3. The zero-order chi connectivity index (χ0) is 96.9. The van der Waals surface area contributed by atoms with Gasteiger partial charge in [-0.05, 0) is 132 Å². The molecular weight excluding hydrogens is 1730 g/mol. The number of fused-ring (bicyclic) bond motifs is 7. The lowest BCUT2D eigenvalue weighted by molar-refractivity contribution is -0.404. The van der Waals surface area contributed by atoms with E-state index in [4.69, 9.17) is 66.3 Å². The second kappa shape index (κ2) is 42.0. The Morgan fingerprint density at radius 3 is 1.81 bits per heavy atom. The maximum Gasteiger partial charge on any atom is 0.317 e. The number of aliphatic carboxylic acids is 1. The quantitative estimate of drug-likeness (QED) is 0.00895. The fourth-order valence-electron chi connectivity index (χ4n) is 20.9. The van der Waals surface area contributed by atoms with Crippen molar-refractivity contribution in [1.82, 2.24) is 0 Å². The Kier molecular flexibility index (Phi) is 35.1. The van der Waals surface area contributed by atoms with Crippen molar-refractivity contribution in [2.45, 2.75) is 375 Å². The Balaban J connectivity index is 1.09. The van der Waals surface area contributed by atoms with E-state index >= 15 is 4.79 Å². The predicted molar refractivity (Wildman–Crippen MR) is 425 cm³/mol. The molecule has 8 fully saturated rings. The molecule has 28 N–H and O–H groups in total. The molecule has 129 heavy (non-hydrogen) atoms. The first-order chi connectivity index (χ1) is 59.8. The fourth-order valence-corrected chi connectivity index (χ4v) is 20.9. The molecule has 46 heteroatoms. The highest BCUT2D eigenvalue weighted by atomic mass is 16.8. The lowest BCUT2D eigenvalue weighted by atomic mass is 9.33. The monoisotopic (exact) mass is 1870 g/mol. The van der Waals surface area contributed by atoms with Gasteiger partial charge in [-0.25, -0.2) is 0 Å². The summed E-state index contributed by atoms with van der Waals surface area (Å²) in [6.07, 6.45) is -70.4. The van der Waals surface area contributed by atoms with E-state index in [9.17, 15) is 157 Å². The molecule has 0 aromatic rings. The number of carboxylic acids is 1. The molecule has 9 aliphatic rings. The van der Waals surface area contributed by atoms with Crippen LogP contribution in [-0.2, 0) is 85.5 Å². The normalized spacial score (nSPS) is 41.6. The van der Waals surface area contributed by atoms with E-state index in [1.54, 1.807) is 6.92 Å². The van der Waals surface area contributed by atoms with Gasteiger partial charge in [0.05, 0.1) is 74.4 Å². The van der Waals surface area contributed by atoms with Gasteiger partial charge >= 0.3 is 17.9 Å². The number of aliphatic hydroxyl groups is 27. The lowest BCUT2D eigenvalue weighted by Gasteiger charge is -2.71. The van der Waals surface area contributed by atoms with E-state index in [1.807, 2.05) is 40.7 Å². The number of rotatable bonds is 39. The zero-order valence-electron chi connectivity index (χ0n) is 74.0. The van der Waals surface area contributed by atoms with Gasteiger partial charge in [-0.1, -0.05) is 60.1 Å². The summed E-state index contributed by atoms with van der Waals surface area (Å²) in [6.45, 7) is 15.5. The third-order valence-electron chi connectivity index (χ3n) is 29.0. The van der Waals surface area contributed by atoms with Crippen LogP contribution in [-0.4, -0.2) is 408 Å². The predicted octanol–water partition coefficient (Wildman–Crippen LogP) is -6.33. The van der Waals surface area contributed by atoms with Crippen LogP contribution in [0.25, 0.3) is 0 Å². The van der Waals surface area contributed by atoms with E-state index < -0.39 is 351 Å². The number of aldehydes is 1. The van der Waals surface area contributed by atoms with Crippen molar-refractivity contribution in [3.05, 3.63) is 34.7 Å². The Morgan fingerprint density at radius 2 is 1.23 bits per heavy atom. The van der Waals surface area contributed by atoms with Gasteiger partial charge in [0.1, 0.15) is 109 Å². The van der Waals surface area contributed by atoms with Crippen LogP contribution < -0.4 is 0 Å². The minimum Gasteiger partial charge on any atom is -0.506 e. The Hall–Kier alpha value is -4.90. The summed E-state index contributed by atoms with van der Waals surface area (Å²) < 4.78 is 83.7. The molecule has 0 bridgehead atoms. The molecule has 4 saturated carbocycles. The molecule has 36 unspecified atom stereocenters. The first-order valence-corrected chi connectivity index (χ1v) is 43.2. The molecule has 0 aromatic carbocycles. The van der Waals surface area contributed by atoms with E-state index in [0.717, 1.165) is 40.2 Å². The maximum absolute atomic E-state index is 16.5. The number of ether oxygens (including phenoxy) is 14. The average molecular weight is 1870 g/mol. The number of esters is 2. The average Bonchev–Trinajstić information content (AvgIpc) is 0.864. The smallest absolute Gasteiger partial charge is 0.317 e. The van der Waals surface area contributed by atoms with E-state index in [1.165, 1.54) is 13.8 Å². The molecule has 46 nitrogen and oxygen atoms in total. The van der Waals surface area contributed by atoms with Crippen LogP contribution in [0.1, 0.15) is 161 Å². The third-order valence-corrected chi connectivity index (χ3v) is 29.0. The second-order valence-corrected chi connectivity index (χ2v) is 38.1. The highest BCUT2D eigenvalue weighted by molar-refractivity contribution is 5.80. The van der Waals surface area contributed by atoms with Crippen molar-refractivity contribution in [2.24, 2.45) is 56.2 Å². The topological polar surface area (TPSA) is 764 Å². The molecule has 0 spiro atoms. The largest absolute Gasteiger partial charge is 0.506 e. The molecule has 0 aromatic heterocycles. The first kappa shape index (κ1) is 108. The SMILES string of the molecule is CC(=O)OC1C(C)OC(OC(=O)[C@]23CCC(C)(C)CC2C2=CCC4[C@@]5(C)CC[C@H](OC(O)C(OC(O)/C(O)=C(\O)C(O)CCO)C(OC(O)C(O)C(O)C(C)O)C(O)CC(=O)O)[C@@](C)(C=O)C5CC[C@@]4(C)[C@]2(C)C[C@H]3O)C(OC2OC(C)C(OC(O)/C(O)=C(/OC3OCC(O)(CO)C3O)C(C)O)C(OC3OC(CO)C(O)C(O)C3O)C2O)C1OC(O)C(O)(O)C(C)C(C)O. The van der Waals surface area contributed by atoms with Gasteiger partial charge in [-0.15, -0.1) is 0 Å². The van der Waals surface area contributed by atoms with Gasteiger partial charge in [0, 0.05) is 25.9 Å². The number of aliphatic hydroxyl groups excluding tert-OH is 24. The number of carboxylic acid groups (broad SMARTS) is 1. The molecular formula is C83H136O46. The van der Waals surface area contributed by atoms with Crippen LogP contribution in [0.5, 0.6) is 0 Å². The summed E-state index contributed by atoms with van der Waals surface area (Å²) in [5, 5.41) is 310. The molecule has 4 saturated heterocycles. The number of carbonyl (C=O) groups excluding carboxylic acids is 3. The standard InChI is InChI=1S/C83H136O46/c1-31(32(2)88)83(114,115)75(112)128-62-59(119-37(7)91)36(6)118-72(64(62)127-71-56(105)61(126-70-54(103)51(100)50(99)42(27-85)120-70)58(35(5)117-71)122-68(109)55(104)57(34(4)90)125-73-65(106)81(113,29-87)30-116-73)129-74(111)82-22-21-76(8,9)25-39(82)38-14-15-44-77(10)19-17-46(78(11,28-86)43(77)16-20-79(44,12)80(38,13)26-45(82)94)121-69(110)63(124-67(108)53(102)49(98)40(92)18-23-84)60(41(93)24-47(95)96)123-66(107)52(101)48(97)33(3)89/h14,28,31-36,39-46,48,50-52,54,56,58-73,75,84-85,87-90,92-94,97-110,112-115H,15-27,29-30H2,1-13H3,(H,95,96)/b53-49+,57-55-/t31?,32?,33?,34?,35?,36?,39?,40?,41?,42?,43?,44?,45-,46+,48?,50?,51?,52?,54?,56?,58?,59?,60?,61?,62?,63?,64?,65?,66?,67?,68?,69?,70?,71?,72?,73?,75?,77+,78+,79-,80-,81?,82-/m1/s1. The van der Waals surface area contributed by atoms with Crippen molar-refractivity contribution < 1.29 is 228 Å². The van der Waals surface area contributed by atoms with Gasteiger partial charge in [0.25, 0.3) is 0 Å². The van der Waals surface area contributed by atoms with Crippen molar-refractivity contribution in [3.8, 4) is 0 Å². The summed E-state index contributed by atoms with van der Waals surface area (Å²) in [5.74, 6) is -16.5. The van der Waals surface area contributed by atoms with Crippen molar-refractivity contribution in [3.63, 3.8) is 0 Å². The minimum absolute atomic E-state index is 0.107. The minimum atomic E-state index is -3.44. The molecule has 43 atom stereocenters. The van der Waals surface area contributed by atoms with Gasteiger partial charge in [-0.3, -0.25) is 14.4 Å². The molecule has 4 heterocycles. The van der Waals surface area contributed by atoms with E-state index in [2.05, 4.69) is 0 Å². The van der Waals surface area contributed by atoms with Crippen LogP contribution in [0.4, 0.5) is 0 Å². The fraction of sp³-hybridized carbons (Fsp3) is 0.880. The summed E-state index contributed by atoms with van der Waals surface area (Å²) >= 11 is 0. The number of allylic oxidation sites excluding steroid dienone is 2. The first-order valence-electron chi connectivity index (χ1n) is 43.2. The van der Waals surface area contributed by atoms with Crippen molar-refractivity contribution in [2.75, 3.05) is 26.4 Å². The number of carbonyl (C=O) groups is 4. The van der Waals surface area contributed by atoms with E-state index in [0.29, 0.717) is 6.29 Å². The third kappa shape index (κ3) is 21.3. The van der Waals surface area contributed by atoms with Crippen LogP contribution in [0.2, 0.25) is 0 Å². The molecule has 0 radical (unpaired) electrons. The van der Waals surface area contributed by atoms with Gasteiger partial charge in [0.2, 0.25) is 37.2 Å². The van der Waals surface area contributed by atoms with Crippen LogP contribution in [0.15, 0.2) is 34.7 Å². The van der Waals surface area contributed by atoms with Gasteiger partial charge in [0.15, 0.2) is 60.4 Å². The number of hydrogen-bond acceptors (Lipinski definition) is 45. The Labute approximate surface area is 742 Å². The van der Waals surface area contributed by atoms with Gasteiger partial charge < -0.3 is 214 Å². The summed E-state index contributed by atoms with van der Waals surface area (Å²) in [6, 6.07) is 0. The molecule has 0 amide bonds. The van der Waals surface area contributed by atoms with E-state index in [-0.39, 0.29) is 57.8 Å². The Bertz CT molecular complexity index is 3850. The lowest BCUT2D eigenvalue weighted by Crippen LogP contribution is -2.69. The maximum atomic E-state index is 16.5. The van der Waals surface area contributed by atoms with Crippen molar-refractivity contribution >= 4 is 24.2 Å². The van der Waals surface area contributed by atoms with Crippen LogP contribution in [0, 0.1) is 56.2 Å². The molecule has 4 aliphatic heterocycles. The van der Waals surface area contributed by atoms with Gasteiger partial charge in [-0.2, -0.15) is 0 Å². The second-order valence-electron chi connectivity index (χ2n) is 38.1. The molecule has 744 valence electrons. The zero-order valence-corrected chi connectivity index (χ0v) is 74.0. The molecule has 9 rings (SSSR count). The highest BCUT2D eigenvalue weighted by Gasteiger charge is 2.73. The Morgan fingerprint density at radius 1 is 0.612 bits per heavy atom. The highest BCUT2D eigenvalue weighted by Crippen LogP contribution is 2.76. The number of hydrogen-bond donors (Lipinski definition) is 28. The summed E-state index contributed by atoms with van der Waals surface area (Å²) in [5.41, 5.74) is -8.70. The molecule has 5 aliphatic carbocycles. The van der Waals surface area contributed by atoms with Crippen molar-refractivity contribution in [1.29, 1.82) is 0 Å².